The first-order valence-electron chi connectivity index (χ1n) is 11.0. The van der Waals surface area contributed by atoms with Crippen LogP contribution in [-0.4, -0.2) is 17.6 Å². The van der Waals surface area contributed by atoms with Crippen LogP contribution in [0.1, 0.15) is 61.4 Å². The van der Waals surface area contributed by atoms with Gasteiger partial charge in [-0.25, -0.2) is 0 Å². The molecule has 0 aromatic heterocycles. The summed E-state index contributed by atoms with van der Waals surface area (Å²) in [6.07, 6.45) is 7.11. The van der Waals surface area contributed by atoms with Gasteiger partial charge in [0.2, 0.25) is 0 Å². The van der Waals surface area contributed by atoms with Gasteiger partial charge in [-0.05, 0) is 37.1 Å². The minimum atomic E-state index is -0.430. The van der Waals surface area contributed by atoms with E-state index in [1.165, 1.54) is 31.7 Å². The number of unbranched alkanes of at least 4 members (excludes halogenated alkanes) is 5. The average Bonchev–Trinajstić information content (AvgIpc) is 2.77. The van der Waals surface area contributed by atoms with Crippen molar-refractivity contribution in [1.29, 1.82) is 0 Å². The summed E-state index contributed by atoms with van der Waals surface area (Å²) in [7, 11) is 0. The quantitative estimate of drug-likeness (QED) is 0.321. The van der Waals surface area contributed by atoms with Gasteiger partial charge in [-0.2, -0.15) is 0 Å². The number of hydrogen-bond donors (Lipinski definition) is 2. The molecule has 0 fully saturated rings. The summed E-state index contributed by atoms with van der Waals surface area (Å²) in [6, 6.07) is 14.4. The summed E-state index contributed by atoms with van der Waals surface area (Å²) in [5, 5.41) is 15.2. The second kappa shape index (κ2) is 11.1. The maximum absolute atomic E-state index is 13.0. The van der Waals surface area contributed by atoms with Crippen molar-refractivity contribution in [2.75, 3.05) is 11.9 Å². The van der Waals surface area contributed by atoms with E-state index in [4.69, 9.17) is 16.3 Å². The first kappa shape index (κ1) is 23.0. The van der Waals surface area contributed by atoms with Crippen LogP contribution >= 0.6 is 11.6 Å². The van der Waals surface area contributed by atoms with E-state index in [0.29, 0.717) is 33.8 Å². The van der Waals surface area contributed by atoms with Gasteiger partial charge in [-0.3, -0.25) is 4.79 Å². The van der Waals surface area contributed by atoms with Crippen LogP contribution < -0.4 is 10.1 Å². The Morgan fingerprint density at radius 1 is 1.00 bits per heavy atom. The number of benzene rings is 3. The first-order chi connectivity index (χ1) is 15.0. The minimum Gasteiger partial charge on any atom is -0.506 e. The zero-order valence-corrected chi connectivity index (χ0v) is 19.0. The molecule has 0 saturated heterocycles. The number of anilines is 1. The lowest BCUT2D eigenvalue weighted by atomic mass is 10.0. The number of halogens is 1. The maximum atomic E-state index is 13.0. The predicted molar refractivity (Wildman–Crippen MR) is 129 cm³/mol. The van der Waals surface area contributed by atoms with Crippen LogP contribution in [0.4, 0.5) is 5.69 Å². The fraction of sp³-hybridized carbons (Fsp3) is 0.346. The van der Waals surface area contributed by atoms with E-state index in [1.54, 1.807) is 12.1 Å². The maximum Gasteiger partial charge on any atom is 0.259 e. The van der Waals surface area contributed by atoms with Crippen LogP contribution in [-0.2, 0) is 0 Å². The van der Waals surface area contributed by atoms with Crippen molar-refractivity contribution >= 4 is 34.0 Å². The molecule has 5 heteroatoms. The van der Waals surface area contributed by atoms with Crippen LogP contribution in [0.25, 0.3) is 10.8 Å². The van der Waals surface area contributed by atoms with E-state index < -0.39 is 5.91 Å². The molecule has 0 aliphatic rings. The number of fused-ring (bicyclic) bond motifs is 1. The molecule has 3 aromatic carbocycles. The van der Waals surface area contributed by atoms with Crippen molar-refractivity contribution in [3.8, 4) is 11.5 Å². The Hall–Kier alpha value is -2.72. The predicted octanol–water partition coefficient (Wildman–Crippen LogP) is 7.50. The largest absolute Gasteiger partial charge is 0.506 e. The molecule has 164 valence electrons. The molecule has 0 heterocycles. The molecule has 0 atom stereocenters. The number of nitrogens with one attached hydrogen (secondary N) is 1. The van der Waals surface area contributed by atoms with Crippen molar-refractivity contribution in [3.05, 3.63) is 64.7 Å². The standard InChI is InChI=1S/C26H30ClNO3/c1-3-4-5-6-7-10-15-31-24-14-13-18(2)16-23(24)28-26(30)21-17-22(27)19-11-8-9-12-20(19)25(21)29/h8-9,11-14,16-17,29H,3-7,10,15H2,1-2H3,(H,28,30). The average molecular weight is 440 g/mol. The molecule has 0 aliphatic carbocycles. The van der Waals surface area contributed by atoms with Gasteiger partial charge in [0.1, 0.15) is 11.5 Å². The van der Waals surface area contributed by atoms with E-state index in [0.717, 1.165) is 18.4 Å². The van der Waals surface area contributed by atoms with Crippen molar-refractivity contribution in [3.63, 3.8) is 0 Å². The summed E-state index contributed by atoms with van der Waals surface area (Å²) in [5.41, 5.74) is 1.72. The topological polar surface area (TPSA) is 58.6 Å². The monoisotopic (exact) mass is 439 g/mol. The highest BCUT2D eigenvalue weighted by molar-refractivity contribution is 6.36. The highest BCUT2D eigenvalue weighted by Crippen LogP contribution is 2.35. The highest BCUT2D eigenvalue weighted by Gasteiger charge is 2.18. The lowest BCUT2D eigenvalue weighted by Gasteiger charge is -2.15. The second-order valence-electron chi connectivity index (χ2n) is 7.87. The van der Waals surface area contributed by atoms with Gasteiger partial charge in [0.25, 0.3) is 5.91 Å². The Morgan fingerprint density at radius 2 is 1.71 bits per heavy atom. The summed E-state index contributed by atoms with van der Waals surface area (Å²) in [6.45, 7) is 4.77. The fourth-order valence-electron chi connectivity index (χ4n) is 3.61. The first-order valence-corrected chi connectivity index (χ1v) is 11.3. The summed E-state index contributed by atoms with van der Waals surface area (Å²) in [4.78, 5) is 13.0. The number of ether oxygens (including phenoxy) is 1. The van der Waals surface area contributed by atoms with E-state index in [-0.39, 0.29) is 11.3 Å². The lowest BCUT2D eigenvalue weighted by molar-refractivity contribution is 0.102. The molecule has 2 N–H and O–H groups in total. The van der Waals surface area contributed by atoms with Crippen LogP contribution in [0.15, 0.2) is 48.5 Å². The van der Waals surface area contributed by atoms with Crippen molar-refractivity contribution in [2.45, 2.75) is 52.4 Å². The van der Waals surface area contributed by atoms with Crippen LogP contribution in [0.5, 0.6) is 11.5 Å². The van der Waals surface area contributed by atoms with E-state index in [1.807, 2.05) is 37.3 Å². The number of amides is 1. The third-order valence-corrected chi connectivity index (χ3v) is 5.66. The number of aryl methyl sites for hydroxylation is 1. The normalized spacial score (nSPS) is 10.9. The van der Waals surface area contributed by atoms with Gasteiger partial charge < -0.3 is 15.2 Å². The van der Waals surface area contributed by atoms with Gasteiger partial charge in [0, 0.05) is 15.8 Å². The Labute approximate surface area is 189 Å². The van der Waals surface area contributed by atoms with Crippen LogP contribution in [0.2, 0.25) is 5.02 Å². The molecule has 0 bridgehead atoms. The second-order valence-corrected chi connectivity index (χ2v) is 8.28. The third-order valence-electron chi connectivity index (χ3n) is 5.35. The smallest absolute Gasteiger partial charge is 0.259 e. The molecular formula is C26H30ClNO3. The zero-order chi connectivity index (χ0) is 22.2. The SMILES string of the molecule is CCCCCCCCOc1ccc(C)cc1NC(=O)c1cc(Cl)c2ccccc2c1O. The van der Waals surface area contributed by atoms with Gasteiger partial charge in [0.15, 0.2) is 0 Å². The Kier molecular flexibility index (Phi) is 8.19. The number of carbonyl (C=O) groups excluding carboxylic acids is 1. The lowest BCUT2D eigenvalue weighted by Crippen LogP contribution is -2.14. The zero-order valence-electron chi connectivity index (χ0n) is 18.2. The van der Waals surface area contributed by atoms with Crippen molar-refractivity contribution < 1.29 is 14.6 Å². The van der Waals surface area contributed by atoms with E-state index in [9.17, 15) is 9.90 Å². The third kappa shape index (κ3) is 5.92. The minimum absolute atomic E-state index is 0.0836. The molecule has 31 heavy (non-hydrogen) atoms. The summed E-state index contributed by atoms with van der Waals surface area (Å²) < 4.78 is 5.96. The fourth-order valence-corrected chi connectivity index (χ4v) is 3.88. The van der Waals surface area contributed by atoms with Gasteiger partial charge in [-0.15, -0.1) is 0 Å². The number of hydrogen-bond acceptors (Lipinski definition) is 3. The number of rotatable bonds is 10. The molecule has 4 nitrogen and oxygen atoms in total. The number of aromatic hydroxyl groups is 1. The summed E-state index contributed by atoms with van der Waals surface area (Å²) >= 11 is 6.35. The van der Waals surface area contributed by atoms with Crippen molar-refractivity contribution in [2.24, 2.45) is 0 Å². The number of phenolic OH excluding ortho intramolecular Hbond substituents is 1. The van der Waals surface area contributed by atoms with Crippen LogP contribution in [0, 0.1) is 6.92 Å². The van der Waals surface area contributed by atoms with Gasteiger partial charge >= 0.3 is 0 Å². The Bertz CT molecular complexity index is 1050. The van der Waals surface area contributed by atoms with E-state index >= 15 is 0 Å². The molecule has 3 aromatic rings. The molecule has 3 rings (SSSR count). The van der Waals surface area contributed by atoms with Crippen molar-refractivity contribution in [1.82, 2.24) is 0 Å². The van der Waals surface area contributed by atoms with Crippen LogP contribution in [0.3, 0.4) is 0 Å². The number of carbonyl (C=O) groups is 1. The van der Waals surface area contributed by atoms with E-state index in [2.05, 4.69) is 12.2 Å². The molecule has 0 unspecified atom stereocenters. The number of phenols is 1. The molecule has 0 aliphatic heterocycles. The van der Waals surface area contributed by atoms with Gasteiger partial charge in [0.05, 0.1) is 17.9 Å². The van der Waals surface area contributed by atoms with Gasteiger partial charge in [-0.1, -0.05) is 81.0 Å². The summed E-state index contributed by atoms with van der Waals surface area (Å²) in [5.74, 6) is 0.110. The molecule has 0 saturated carbocycles. The Balaban J connectivity index is 1.72. The Morgan fingerprint density at radius 3 is 2.48 bits per heavy atom. The molecule has 0 radical (unpaired) electrons. The molecule has 0 spiro atoms. The molecular weight excluding hydrogens is 410 g/mol. The molecule has 1 amide bonds. The highest BCUT2D eigenvalue weighted by atomic mass is 35.5.